The Bertz CT molecular complexity index is 741. The summed E-state index contributed by atoms with van der Waals surface area (Å²) in [6.45, 7) is 0.641. The predicted molar refractivity (Wildman–Crippen MR) is 85.1 cm³/mol. The predicted octanol–water partition coefficient (Wildman–Crippen LogP) is 4.19. The average Bonchev–Trinajstić information content (AvgIpc) is 2.99. The summed E-state index contributed by atoms with van der Waals surface area (Å²) in [6.07, 6.45) is 3.09. The molecular formula is C15H12Cl2N4. The van der Waals surface area contributed by atoms with E-state index >= 15 is 0 Å². The molecule has 21 heavy (non-hydrogen) atoms. The number of hydrogen-bond donors (Lipinski definition) is 1. The van der Waals surface area contributed by atoms with E-state index in [0.29, 0.717) is 11.6 Å². The quantitative estimate of drug-likeness (QED) is 0.784. The molecule has 3 aromatic rings. The molecule has 4 nitrogen and oxygen atoms in total. The number of rotatable bonds is 4. The van der Waals surface area contributed by atoms with Gasteiger partial charge in [0.2, 0.25) is 0 Å². The highest BCUT2D eigenvalue weighted by molar-refractivity contribution is 6.33. The van der Waals surface area contributed by atoms with E-state index in [1.165, 1.54) is 6.33 Å². The smallest absolute Gasteiger partial charge is 0.138 e. The zero-order valence-electron chi connectivity index (χ0n) is 11.0. The number of aromatic nitrogens is 3. The first-order valence-corrected chi connectivity index (χ1v) is 7.11. The molecule has 106 valence electrons. The van der Waals surface area contributed by atoms with Gasteiger partial charge in [-0.2, -0.15) is 5.10 Å². The van der Waals surface area contributed by atoms with E-state index in [0.717, 1.165) is 22.0 Å². The molecule has 0 radical (unpaired) electrons. The lowest BCUT2D eigenvalue weighted by Crippen LogP contribution is -2.05. The molecule has 0 aliphatic rings. The standard InChI is InChI=1S/C15H12Cl2N4/c16-12-4-1-3-11(7-12)8-19-14-6-2-5-13(17)15(14)21-10-18-9-20-21/h1-7,9-10,19H,8H2. The fraction of sp³-hybridized carbons (Fsp3) is 0.0667. The van der Waals surface area contributed by atoms with Crippen molar-refractivity contribution in [2.24, 2.45) is 0 Å². The maximum atomic E-state index is 6.28. The highest BCUT2D eigenvalue weighted by Gasteiger charge is 2.09. The zero-order valence-corrected chi connectivity index (χ0v) is 12.5. The van der Waals surface area contributed by atoms with Crippen molar-refractivity contribution >= 4 is 28.9 Å². The van der Waals surface area contributed by atoms with Gasteiger partial charge in [-0.1, -0.05) is 41.4 Å². The van der Waals surface area contributed by atoms with Gasteiger partial charge in [0.25, 0.3) is 0 Å². The van der Waals surface area contributed by atoms with Crippen LogP contribution in [0, 0.1) is 0 Å². The molecule has 1 N–H and O–H groups in total. The molecular weight excluding hydrogens is 307 g/mol. The van der Waals surface area contributed by atoms with E-state index in [-0.39, 0.29) is 0 Å². The summed E-state index contributed by atoms with van der Waals surface area (Å²) in [6, 6.07) is 13.4. The highest BCUT2D eigenvalue weighted by Crippen LogP contribution is 2.28. The lowest BCUT2D eigenvalue weighted by Gasteiger charge is -2.13. The van der Waals surface area contributed by atoms with Crippen molar-refractivity contribution in [1.82, 2.24) is 14.8 Å². The number of anilines is 1. The number of nitrogens with one attached hydrogen (secondary N) is 1. The summed E-state index contributed by atoms with van der Waals surface area (Å²) in [7, 11) is 0. The number of hydrogen-bond acceptors (Lipinski definition) is 3. The minimum Gasteiger partial charge on any atom is -0.379 e. The Morgan fingerprint density at radius 3 is 2.71 bits per heavy atom. The van der Waals surface area contributed by atoms with Crippen molar-refractivity contribution in [1.29, 1.82) is 0 Å². The minimum atomic E-state index is 0.608. The van der Waals surface area contributed by atoms with Crippen LogP contribution in [-0.4, -0.2) is 14.8 Å². The largest absolute Gasteiger partial charge is 0.379 e. The molecule has 6 heteroatoms. The van der Waals surface area contributed by atoms with Gasteiger partial charge in [-0.3, -0.25) is 0 Å². The van der Waals surface area contributed by atoms with Crippen LogP contribution in [0.2, 0.25) is 10.0 Å². The lowest BCUT2D eigenvalue weighted by molar-refractivity contribution is 0.878. The van der Waals surface area contributed by atoms with E-state index in [1.54, 1.807) is 11.0 Å². The van der Waals surface area contributed by atoms with E-state index in [2.05, 4.69) is 15.4 Å². The van der Waals surface area contributed by atoms with E-state index < -0.39 is 0 Å². The second-order valence-electron chi connectivity index (χ2n) is 4.46. The number of para-hydroxylation sites is 1. The van der Waals surface area contributed by atoms with Crippen molar-refractivity contribution in [2.75, 3.05) is 5.32 Å². The van der Waals surface area contributed by atoms with Crippen LogP contribution in [0.4, 0.5) is 5.69 Å². The van der Waals surface area contributed by atoms with Crippen LogP contribution in [0.3, 0.4) is 0 Å². The van der Waals surface area contributed by atoms with Gasteiger partial charge in [-0.15, -0.1) is 0 Å². The first-order valence-electron chi connectivity index (χ1n) is 6.36. The summed E-state index contributed by atoms with van der Waals surface area (Å²) in [5.74, 6) is 0. The molecule has 0 saturated heterocycles. The number of nitrogens with zero attached hydrogens (tertiary/aromatic N) is 3. The van der Waals surface area contributed by atoms with Gasteiger partial charge in [0, 0.05) is 11.6 Å². The molecule has 0 fully saturated rings. The van der Waals surface area contributed by atoms with Crippen LogP contribution in [0.5, 0.6) is 0 Å². The van der Waals surface area contributed by atoms with Crippen LogP contribution in [-0.2, 0) is 6.54 Å². The Kier molecular flexibility index (Phi) is 4.08. The van der Waals surface area contributed by atoms with Crippen molar-refractivity contribution in [2.45, 2.75) is 6.54 Å². The van der Waals surface area contributed by atoms with Crippen LogP contribution < -0.4 is 5.32 Å². The van der Waals surface area contributed by atoms with Crippen LogP contribution in [0.15, 0.2) is 55.1 Å². The first-order chi connectivity index (χ1) is 10.2. The SMILES string of the molecule is Clc1cccc(CNc2cccc(Cl)c2-n2cncn2)c1. The number of benzene rings is 2. The minimum absolute atomic E-state index is 0.608. The Morgan fingerprint density at radius 2 is 1.95 bits per heavy atom. The summed E-state index contributed by atoms with van der Waals surface area (Å²) >= 11 is 12.3. The van der Waals surface area contributed by atoms with Crippen molar-refractivity contribution in [3.8, 4) is 5.69 Å². The second kappa shape index (κ2) is 6.16. The van der Waals surface area contributed by atoms with Gasteiger partial charge in [-0.25, -0.2) is 9.67 Å². The van der Waals surface area contributed by atoms with Gasteiger partial charge in [0.05, 0.1) is 10.7 Å². The fourth-order valence-corrected chi connectivity index (χ4v) is 2.53. The summed E-state index contributed by atoms with van der Waals surface area (Å²) in [4.78, 5) is 3.96. The Balaban J connectivity index is 1.88. The second-order valence-corrected chi connectivity index (χ2v) is 5.30. The Morgan fingerprint density at radius 1 is 1.10 bits per heavy atom. The van der Waals surface area contributed by atoms with Gasteiger partial charge in [0.1, 0.15) is 18.3 Å². The van der Waals surface area contributed by atoms with Gasteiger partial charge in [-0.05, 0) is 29.8 Å². The third-order valence-electron chi connectivity index (χ3n) is 3.01. The molecule has 0 aliphatic carbocycles. The summed E-state index contributed by atoms with van der Waals surface area (Å²) < 4.78 is 1.64. The average molecular weight is 319 g/mol. The maximum Gasteiger partial charge on any atom is 0.138 e. The first kappa shape index (κ1) is 13.9. The molecule has 1 aromatic heterocycles. The van der Waals surface area contributed by atoms with E-state index in [1.807, 2.05) is 42.5 Å². The monoisotopic (exact) mass is 318 g/mol. The number of halogens is 2. The molecule has 0 saturated carbocycles. The van der Waals surface area contributed by atoms with Crippen molar-refractivity contribution < 1.29 is 0 Å². The van der Waals surface area contributed by atoms with Gasteiger partial charge >= 0.3 is 0 Å². The topological polar surface area (TPSA) is 42.7 Å². The normalized spacial score (nSPS) is 10.6. The third kappa shape index (κ3) is 3.17. The Hall–Kier alpha value is -2.04. The summed E-state index contributed by atoms with van der Waals surface area (Å²) in [5.41, 5.74) is 2.75. The maximum absolute atomic E-state index is 6.28. The molecule has 3 rings (SSSR count). The lowest BCUT2D eigenvalue weighted by atomic mass is 10.2. The van der Waals surface area contributed by atoms with Crippen LogP contribution in [0.25, 0.3) is 5.69 Å². The molecule has 2 aromatic carbocycles. The van der Waals surface area contributed by atoms with Gasteiger partial charge < -0.3 is 5.32 Å². The van der Waals surface area contributed by atoms with Crippen molar-refractivity contribution in [3.05, 3.63) is 70.7 Å². The van der Waals surface area contributed by atoms with Gasteiger partial charge in [0.15, 0.2) is 0 Å². The molecule has 0 unspecified atom stereocenters. The molecule has 0 atom stereocenters. The molecule has 0 bridgehead atoms. The molecule has 0 amide bonds. The molecule has 1 heterocycles. The molecule has 0 spiro atoms. The van der Waals surface area contributed by atoms with E-state index in [4.69, 9.17) is 23.2 Å². The van der Waals surface area contributed by atoms with Crippen molar-refractivity contribution in [3.63, 3.8) is 0 Å². The fourth-order valence-electron chi connectivity index (χ4n) is 2.06. The highest BCUT2D eigenvalue weighted by atomic mass is 35.5. The summed E-state index contributed by atoms with van der Waals surface area (Å²) in [5, 5.41) is 8.82. The molecule has 0 aliphatic heterocycles. The van der Waals surface area contributed by atoms with Crippen LogP contribution >= 0.6 is 23.2 Å². The zero-order chi connectivity index (χ0) is 14.7. The van der Waals surface area contributed by atoms with Crippen LogP contribution in [0.1, 0.15) is 5.56 Å². The third-order valence-corrected chi connectivity index (χ3v) is 3.55. The van der Waals surface area contributed by atoms with E-state index in [9.17, 15) is 0 Å². The Labute approximate surface area is 132 Å².